The zero-order valence-electron chi connectivity index (χ0n) is 73.1. The van der Waals surface area contributed by atoms with Gasteiger partial charge in [-0.3, -0.25) is 4.57 Å². The molecule has 0 saturated heterocycles. The minimum absolute atomic E-state index is 0. The average Bonchev–Trinajstić information content (AvgIpc) is 0.784. The summed E-state index contributed by atoms with van der Waals surface area (Å²) in [5.41, 5.74) is -13.6. The Hall–Kier alpha value is -7.33. The molecule has 0 saturated carbocycles. The van der Waals surface area contributed by atoms with E-state index in [0.717, 1.165) is 12.3 Å². The second-order valence-corrected chi connectivity index (χ2v) is 21.3. The first-order valence-electron chi connectivity index (χ1n) is 39.7. The van der Waals surface area contributed by atoms with Gasteiger partial charge in [0.2, 0.25) is 0 Å². The predicted molar refractivity (Wildman–Crippen MR) is 318 cm³/mol. The number of hydrogen-bond acceptors (Lipinski definition) is 2. The van der Waals surface area contributed by atoms with Crippen LogP contribution in [-0.2, 0) is 42.7 Å². The second-order valence-electron chi connectivity index (χ2n) is 21.3. The van der Waals surface area contributed by atoms with Crippen LogP contribution in [-0.4, -0.2) is 14.1 Å². The Balaban J connectivity index is 0.0000116. The van der Waals surface area contributed by atoms with Crippen molar-refractivity contribution in [2.75, 3.05) is 0 Å². The monoisotopic (exact) mass is 1230 g/mol. The number of aryl methyl sites for hydroxylation is 2. The third kappa shape index (κ3) is 9.42. The summed E-state index contributed by atoms with van der Waals surface area (Å²) in [6.07, 6.45) is -4.81. The van der Waals surface area contributed by atoms with Crippen LogP contribution >= 0.6 is 0 Å². The molecule has 0 bridgehead atoms. The quantitative estimate of drug-likeness (QED) is 0.112. The molecule has 12 rings (SSSR count). The second kappa shape index (κ2) is 19.5. The minimum atomic E-state index is -4.67. The number of para-hydroxylation sites is 3. The van der Waals surface area contributed by atoms with Crippen molar-refractivity contribution in [3.63, 3.8) is 0 Å². The van der Waals surface area contributed by atoms with Crippen molar-refractivity contribution >= 4 is 32.8 Å². The zero-order chi connectivity index (χ0) is 79.3. The summed E-state index contributed by atoms with van der Waals surface area (Å²) in [5.74, 6) is 0.197. The molecule has 5 nitrogen and oxygen atoms in total. The van der Waals surface area contributed by atoms with Gasteiger partial charge in [0.1, 0.15) is 5.82 Å². The first kappa shape index (κ1) is 28.0. The standard InChI is InChI=1S/C72H68N4O.Pt/c1-46-35-58(49-29-32-61-62(40-49)72(11,12)34-33-71(61,9)10)68(59(36-46)50-38-51(69(3,4)5)41-52(39-50)70(6,7)8)75-45-74(64-27-18-19-28-65(64)75)53-23-20-24-54(42-53)77-55-30-31-57-56-25-16-17-26-63(56)76(66(57)43-55)67-37-47(2)60(44-73-67)48-21-14-13-15-22-48;/h13-32,35-41,44H,33-34H2,1-12H3;/q-2;/i1D3,2D3,9D3,10D3,11D3,12D3,13D,14D,15D,21D,22D,29D,32D,33D2,34D2,40D;. The summed E-state index contributed by atoms with van der Waals surface area (Å²) in [4.78, 5) is 4.66. The molecule has 0 radical (unpaired) electrons. The molecule has 11 aromatic rings. The van der Waals surface area contributed by atoms with Gasteiger partial charge in [-0.2, -0.15) is 18.2 Å². The van der Waals surface area contributed by atoms with E-state index in [2.05, 4.69) is 23.4 Å². The van der Waals surface area contributed by atoms with Gasteiger partial charge in [0, 0.05) is 80.0 Å². The smallest absolute Gasteiger partial charge is 0.268 e. The molecule has 3 aromatic heterocycles. The predicted octanol–water partition coefficient (Wildman–Crippen LogP) is 18.2. The van der Waals surface area contributed by atoms with Crippen LogP contribution in [0.15, 0.2) is 170 Å². The third-order valence-electron chi connectivity index (χ3n) is 13.8. The van der Waals surface area contributed by atoms with Crippen LogP contribution < -0.4 is 9.30 Å². The molecule has 0 N–H and O–H groups in total. The van der Waals surface area contributed by atoms with Gasteiger partial charge in [0.25, 0.3) is 6.33 Å². The molecule has 6 heteroatoms. The summed E-state index contributed by atoms with van der Waals surface area (Å²) >= 11 is 0. The topological polar surface area (TPSA) is 35.9 Å². The van der Waals surface area contributed by atoms with Crippen molar-refractivity contribution in [3.8, 4) is 62.1 Å². The number of imidazole rings is 1. The molecule has 0 unspecified atom stereocenters. The summed E-state index contributed by atoms with van der Waals surface area (Å²) < 4.78 is 283. The largest absolute Gasteiger partial charge is 0.510 e. The molecule has 1 aliphatic carbocycles. The Kier molecular flexibility index (Phi) is 7.02. The molecule has 0 aliphatic heterocycles. The van der Waals surface area contributed by atoms with Crippen molar-refractivity contribution < 1.29 is 71.5 Å². The Morgan fingerprint density at radius 3 is 2.05 bits per heavy atom. The number of benzene rings is 8. The van der Waals surface area contributed by atoms with Crippen LogP contribution in [0.1, 0.15) is 156 Å². The van der Waals surface area contributed by atoms with Gasteiger partial charge in [-0.25, -0.2) is 4.98 Å². The Morgan fingerprint density at radius 1 is 0.641 bits per heavy atom. The summed E-state index contributed by atoms with van der Waals surface area (Å²) in [7, 11) is 0. The first-order chi connectivity index (χ1) is 49.0. The molecule has 8 aromatic carbocycles. The fourth-order valence-electron chi connectivity index (χ4n) is 9.82. The molecule has 0 spiro atoms. The Labute approximate surface area is 518 Å². The Bertz CT molecular complexity index is 5420. The Morgan fingerprint density at radius 2 is 1.33 bits per heavy atom. The van der Waals surface area contributed by atoms with E-state index in [0.29, 0.717) is 38.4 Å². The van der Waals surface area contributed by atoms with E-state index >= 15 is 0 Å². The van der Waals surface area contributed by atoms with Gasteiger partial charge in [0.15, 0.2) is 0 Å². The minimum Gasteiger partial charge on any atom is -0.510 e. The maximum absolute atomic E-state index is 10.4. The van der Waals surface area contributed by atoms with Crippen LogP contribution in [0, 0.1) is 32.2 Å². The molecule has 0 amide bonds. The fourth-order valence-corrected chi connectivity index (χ4v) is 9.82. The summed E-state index contributed by atoms with van der Waals surface area (Å²) in [5, 5.41) is 1.30. The van der Waals surface area contributed by atoms with E-state index in [4.69, 9.17) is 36.3 Å². The average molecular weight is 1230 g/mol. The van der Waals surface area contributed by atoms with E-state index in [1.807, 2.05) is 53.7 Å². The summed E-state index contributed by atoms with van der Waals surface area (Å²) in [6, 6.07) is 29.8. The van der Waals surface area contributed by atoms with Crippen molar-refractivity contribution in [1.29, 1.82) is 0 Å². The van der Waals surface area contributed by atoms with Gasteiger partial charge in [0.05, 0.1) is 27.7 Å². The van der Waals surface area contributed by atoms with Crippen LogP contribution in [0.5, 0.6) is 11.5 Å². The number of hydrogen-bond donors (Lipinski definition) is 0. The third-order valence-corrected chi connectivity index (χ3v) is 13.8. The maximum Gasteiger partial charge on any atom is 0.268 e. The summed E-state index contributed by atoms with van der Waals surface area (Å²) in [6.45, 7) is -12.0. The van der Waals surface area contributed by atoms with Crippen LogP contribution in [0.4, 0.5) is 0 Å². The van der Waals surface area contributed by atoms with E-state index in [1.165, 1.54) is 21.3 Å². The molecular formula is C72H68N4OPt-2. The SMILES string of the molecule is [2H]c1c([2H])c([2H])c(-c2cnc(-n3c4[c-]c(Oc5[c-]c(-n6[c-][n+](-c7c(-c8cc(C(C)(C)C)cc(C(C)(C)C)c8)cc(C([2H])([2H])[2H])cc7-c7c([2H])c([2H])c8c(c7[2H])C(C([2H])([2H])[2H])(C([2H])([2H])[2H])C([2H])([2H])C([2H])([2H])C8(C([2H])([2H])[2H])C([2H])([2H])[2H])c7ccccc76)ccc5)ccc4c4ccccc43)cc2C([2H])([2H])[2H])c([2H])c1[2H].[Pt]. The zero-order valence-corrected chi connectivity index (χ0v) is 45.3. The molecule has 3 heterocycles. The van der Waals surface area contributed by atoms with Gasteiger partial charge < -0.3 is 13.9 Å². The number of ether oxygens (including phenoxy) is 1. The van der Waals surface area contributed by atoms with Gasteiger partial charge in [-0.1, -0.05) is 201 Å². The molecule has 0 fully saturated rings. The maximum atomic E-state index is 10.4. The van der Waals surface area contributed by atoms with Crippen molar-refractivity contribution in [2.45, 2.75) is 117 Å². The number of rotatable bonds is 8. The number of nitrogens with zero attached hydrogens (tertiary/aromatic N) is 4. The number of aromatic nitrogens is 4. The molecule has 394 valence electrons. The van der Waals surface area contributed by atoms with Crippen molar-refractivity contribution in [3.05, 3.63) is 222 Å². The molecule has 78 heavy (non-hydrogen) atoms. The van der Waals surface area contributed by atoms with Gasteiger partial charge in [-0.05, 0) is 127 Å². The van der Waals surface area contributed by atoms with Crippen molar-refractivity contribution in [2.24, 2.45) is 0 Å². The normalized spacial score (nSPS) is 22.0. The van der Waals surface area contributed by atoms with Crippen LogP contribution in [0.3, 0.4) is 0 Å². The molecule has 1 aliphatic rings. The molecule has 0 atom stereocenters. The van der Waals surface area contributed by atoms with Crippen LogP contribution in [0.2, 0.25) is 0 Å². The number of fused-ring (bicyclic) bond motifs is 5. The first-order valence-corrected chi connectivity index (χ1v) is 24.7. The fraction of sp³-hybridized carbons (Fsp3) is 0.250. The number of pyridine rings is 1. The van der Waals surface area contributed by atoms with Crippen molar-refractivity contribution in [1.82, 2.24) is 14.1 Å². The van der Waals surface area contributed by atoms with E-state index in [9.17, 15) is 9.60 Å². The van der Waals surface area contributed by atoms with E-state index in [1.54, 1.807) is 89.5 Å². The van der Waals surface area contributed by atoms with E-state index in [-0.39, 0.29) is 83.1 Å². The van der Waals surface area contributed by atoms with Gasteiger partial charge >= 0.3 is 0 Å². The van der Waals surface area contributed by atoms with Crippen LogP contribution in [0.25, 0.3) is 83.4 Å². The van der Waals surface area contributed by atoms with Gasteiger partial charge in [-0.15, -0.1) is 29.7 Å². The van der Waals surface area contributed by atoms with E-state index < -0.39 is 152 Å². The molecular weight excluding hydrogens is 1130 g/mol.